The highest BCUT2D eigenvalue weighted by Crippen LogP contribution is 2.92. The second-order valence-corrected chi connectivity index (χ2v) is 9.02. The molecule has 0 unspecified atom stereocenters. The van der Waals surface area contributed by atoms with Crippen LogP contribution in [0.1, 0.15) is 26.2 Å². The van der Waals surface area contributed by atoms with Crippen LogP contribution in [0.5, 0.6) is 0 Å². The van der Waals surface area contributed by atoms with Gasteiger partial charge in [0, 0.05) is 31.5 Å². The molecule has 4 heteroatoms. The average molecular weight is 314 g/mol. The first-order chi connectivity index (χ1) is 11.2. The molecule has 7 aliphatic rings. The Kier molecular flexibility index (Phi) is 2.34. The van der Waals surface area contributed by atoms with E-state index in [1.54, 1.807) is 0 Å². The molecule has 1 amide bonds. The highest BCUT2D eigenvalue weighted by molar-refractivity contribution is 6.04. The summed E-state index contributed by atoms with van der Waals surface area (Å²) in [5.41, 5.74) is -0.190. The van der Waals surface area contributed by atoms with Gasteiger partial charge >= 0.3 is 0 Å². The largest absolute Gasteiger partial charge is 0.341 e. The molecule has 7 rings (SSSR count). The predicted molar refractivity (Wildman–Crippen MR) is 84.4 cm³/mol. The first kappa shape index (κ1) is 13.4. The molecule has 8 atom stereocenters. The van der Waals surface area contributed by atoms with E-state index < -0.39 is 0 Å². The summed E-state index contributed by atoms with van der Waals surface area (Å²) in [6.07, 6.45) is 3.55. The van der Waals surface area contributed by atoms with Gasteiger partial charge in [0.2, 0.25) is 5.91 Å². The Labute approximate surface area is 137 Å². The number of nitrogens with zero attached hydrogens (tertiary/aromatic N) is 2. The van der Waals surface area contributed by atoms with E-state index in [0.29, 0.717) is 41.3 Å². The summed E-state index contributed by atoms with van der Waals surface area (Å²) >= 11 is 0. The van der Waals surface area contributed by atoms with Gasteiger partial charge in [0.25, 0.3) is 0 Å². The van der Waals surface area contributed by atoms with E-state index >= 15 is 0 Å². The van der Waals surface area contributed by atoms with Gasteiger partial charge in [-0.2, -0.15) is 0 Å². The molecule has 0 spiro atoms. The van der Waals surface area contributed by atoms with Crippen LogP contribution >= 0.6 is 0 Å². The molecular formula is C19H26N2O2. The van der Waals surface area contributed by atoms with Crippen molar-refractivity contribution in [1.29, 1.82) is 0 Å². The summed E-state index contributed by atoms with van der Waals surface area (Å²) in [6, 6.07) is 0. The fourth-order valence-electron chi connectivity index (χ4n) is 8.38. The van der Waals surface area contributed by atoms with Crippen molar-refractivity contribution in [2.24, 2.45) is 46.8 Å². The van der Waals surface area contributed by atoms with Crippen molar-refractivity contribution >= 4 is 11.7 Å². The van der Waals surface area contributed by atoms with Crippen LogP contribution in [0.2, 0.25) is 0 Å². The Hall–Kier alpha value is -0.900. The molecule has 0 N–H and O–H groups in total. The molecule has 6 saturated carbocycles. The smallest absolute Gasteiger partial charge is 0.230 e. The molecule has 124 valence electrons. The minimum absolute atomic E-state index is 0.147. The Morgan fingerprint density at radius 2 is 2.04 bits per heavy atom. The third-order valence-corrected chi connectivity index (χ3v) is 8.65. The first-order valence-electron chi connectivity index (χ1n) is 9.76. The van der Waals surface area contributed by atoms with Crippen molar-refractivity contribution in [2.45, 2.75) is 26.2 Å². The summed E-state index contributed by atoms with van der Waals surface area (Å²) < 4.78 is 0. The molecule has 23 heavy (non-hydrogen) atoms. The van der Waals surface area contributed by atoms with Gasteiger partial charge in [-0.25, -0.2) is 0 Å². The summed E-state index contributed by atoms with van der Waals surface area (Å²) in [5, 5.41) is 0. The van der Waals surface area contributed by atoms with E-state index in [1.165, 1.54) is 12.8 Å². The maximum absolute atomic E-state index is 13.5. The SMILES string of the molecule is CCCN1CCCN(C(=O)[C@@]23[C@H]4[C@@H]5C[C@@H]6[C@@H]4C(=O)[C@H]2[C@H]6[C@H]53)CC1. The molecule has 4 bridgehead atoms. The lowest BCUT2D eigenvalue weighted by Gasteiger charge is -2.70. The van der Waals surface area contributed by atoms with Gasteiger partial charge in [0.1, 0.15) is 5.78 Å². The van der Waals surface area contributed by atoms with E-state index in [0.717, 1.165) is 45.1 Å². The van der Waals surface area contributed by atoms with Gasteiger partial charge in [-0.3, -0.25) is 9.59 Å². The van der Waals surface area contributed by atoms with E-state index in [1.807, 2.05) is 0 Å². The lowest BCUT2D eigenvalue weighted by atomic mass is 9.31. The summed E-state index contributed by atoms with van der Waals surface area (Å²) in [7, 11) is 0. The van der Waals surface area contributed by atoms with Crippen LogP contribution in [0.4, 0.5) is 0 Å². The number of Topliss-reactive ketones (excluding diaryl/α,β-unsaturated/α-hetero) is 1. The zero-order valence-electron chi connectivity index (χ0n) is 13.9. The molecule has 1 heterocycles. The van der Waals surface area contributed by atoms with Crippen molar-refractivity contribution < 1.29 is 9.59 Å². The number of amides is 1. The van der Waals surface area contributed by atoms with Gasteiger partial charge in [-0.1, -0.05) is 6.92 Å². The second-order valence-electron chi connectivity index (χ2n) is 9.02. The summed E-state index contributed by atoms with van der Waals surface area (Å²) in [5.74, 6) is 4.44. The molecule has 0 aromatic heterocycles. The van der Waals surface area contributed by atoms with Gasteiger partial charge < -0.3 is 9.80 Å². The Bertz CT molecular complexity index is 618. The fraction of sp³-hybridized carbons (Fsp3) is 0.895. The maximum Gasteiger partial charge on any atom is 0.230 e. The summed E-state index contributed by atoms with van der Waals surface area (Å²) in [4.78, 5) is 30.8. The fourth-order valence-corrected chi connectivity index (χ4v) is 8.38. The van der Waals surface area contributed by atoms with Gasteiger partial charge in [-0.05, 0) is 61.9 Å². The van der Waals surface area contributed by atoms with Crippen LogP contribution < -0.4 is 0 Å². The highest BCUT2D eigenvalue weighted by atomic mass is 16.2. The maximum atomic E-state index is 13.5. The topological polar surface area (TPSA) is 40.6 Å². The molecule has 4 nitrogen and oxygen atoms in total. The zero-order valence-corrected chi connectivity index (χ0v) is 13.9. The van der Waals surface area contributed by atoms with Crippen LogP contribution in [0.25, 0.3) is 0 Å². The number of carbonyl (C=O) groups is 2. The minimum Gasteiger partial charge on any atom is -0.341 e. The van der Waals surface area contributed by atoms with Gasteiger partial charge in [0.15, 0.2) is 0 Å². The molecule has 0 aromatic carbocycles. The molecule has 0 radical (unpaired) electrons. The zero-order chi connectivity index (χ0) is 15.5. The molecule has 1 aliphatic heterocycles. The van der Waals surface area contributed by atoms with E-state index in [2.05, 4.69) is 16.7 Å². The second kappa shape index (κ2) is 4.01. The highest BCUT2D eigenvalue weighted by Gasteiger charge is 2.96. The average Bonchev–Trinajstić information content (AvgIpc) is 2.94. The van der Waals surface area contributed by atoms with Crippen molar-refractivity contribution in [2.75, 3.05) is 32.7 Å². The first-order valence-corrected chi connectivity index (χ1v) is 9.76. The third-order valence-electron chi connectivity index (χ3n) is 8.65. The van der Waals surface area contributed by atoms with Crippen LogP contribution in [-0.4, -0.2) is 54.2 Å². The molecule has 1 saturated heterocycles. The minimum atomic E-state index is -0.190. The van der Waals surface area contributed by atoms with Crippen molar-refractivity contribution in [3.63, 3.8) is 0 Å². The van der Waals surface area contributed by atoms with Gasteiger partial charge in [-0.15, -0.1) is 0 Å². The number of ketones is 1. The van der Waals surface area contributed by atoms with Crippen LogP contribution in [0.15, 0.2) is 0 Å². The lowest BCUT2D eigenvalue weighted by molar-refractivity contribution is -0.255. The van der Waals surface area contributed by atoms with Crippen LogP contribution in [0.3, 0.4) is 0 Å². The number of rotatable bonds is 3. The monoisotopic (exact) mass is 314 g/mol. The Morgan fingerprint density at radius 3 is 2.83 bits per heavy atom. The third kappa shape index (κ3) is 1.17. The van der Waals surface area contributed by atoms with Crippen LogP contribution in [0, 0.1) is 46.8 Å². The van der Waals surface area contributed by atoms with Crippen LogP contribution in [-0.2, 0) is 9.59 Å². The van der Waals surface area contributed by atoms with E-state index in [-0.39, 0.29) is 11.3 Å². The number of hydrogen-bond acceptors (Lipinski definition) is 3. The van der Waals surface area contributed by atoms with E-state index in [9.17, 15) is 9.59 Å². The van der Waals surface area contributed by atoms with Crippen molar-refractivity contribution in [3.05, 3.63) is 0 Å². The van der Waals surface area contributed by atoms with Crippen molar-refractivity contribution in [3.8, 4) is 0 Å². The molecular weight excluding hydrogens is 288 g/mol. The van der Waals surface area contributed by atoms with Gasteiger partial charge in [0.05, 0.1) is 5.41 Å². The van der Waals surface area contributed by atoms with E-state index in [4.69, 9.17) is 0 Å². The normalized spacial score (nSPS) is 55.1. The predicted octanol–water partition coefficient (Wildman–Crippen LogP) is 1.26. The molecule has 0 aromatic rings. The number of hydrogen-bond donors (Lipinski definition) is 0. The lowest BCUT2D eigenvalue weighted by Crippen LogP contribution is -2.75. The Morgan fingerprint density at radius 1 is 1.17 bits per heavy atom. The summed E-state index contributed by atoms with van der Waals surface area (Å²) in [6.45, 7) is 7.29. The molecule has 6 aliphatic carbocycles. The Balaban J connectivity index is 1.27. The van der Waals surface area contributed by atoms with Crippen molar-refractivity contribution in [1.82, 2.24) is 9.80 Å². The quantitative estimate of drug-likeness (QED) is 0.787. The molecule has 7 fully saturated rings. The number of carbonyl (C=O) groups excluding carboxylic acids is 2. The standard InChI is InChI=1S/C19H26N2O2/c1-2-4-20-5-3-6-21(8-7-20)18(23)19-14-11-9-10-12(14)16(19)17(22)13(10)15(11)19/h10-16H,2-9H2,1H3/t10-,11+,12+,13-,14-,15-,16+,19-/m0/s1.